The first-order valence-electron chi connectivity index (χ1n) is 10.2. The molecule has 0 aliphatic heterocycles. The van der Waals surface area contributed by atoms with E-state index in [1.807, 2.05) is 36.4 Å². The first-order chi connectivity index (χ1) is 15.1. The molecule has 0 aliphatic carbocycles. The van der Waals surface area contributed by atoms with Crippen LogP contribution in [0, 0.1) is 0 Å². The first kappa shape index (κ1) is 22.5. The van der Waals surface area contributed by atoms with E-state index >= 15 is 0 Å². The van der Waals surface area contributed by atoms with Gasteiger partial charge in [-0.25, -0.2) is 0 Å². The first-order valence-corrected chi connectivity index (χ1v) is 10.2. The lowest BCUT2D eigenvalue weighted by Crippen LogP contribution is -2.34. The third-order valence-corrected chi connectivity index (χ3v) is 4.97. The summed E-state index contributed by atoms with van der Waals surface area (Å²) >= 11 is 0. The molecular formula is C25H29NO5. The maximum absolute atomic E-state index is 10.4. The molecule has 3 aromatic carbocycles. The summed E-state index contributed by atoms with van der Waals surface area (Å²) in [5.41, 5.74) is 2.22. The van der Waals surface area contributed by atoms with Gasteiger partial charge in [0, 0.05) is 12.6 Å². The molecule has 0 aliphatic rings. The Hall–Kier alpha value is -3.22. The second kappa shape index (κ2) is 11.2. The summed E-state index contributed by atoms with van der Waals surface area (Å²) in [5, 5.41) is 23.2. The third kappa shape index (κ3) is 6.64. The molecule has 3 N–H and O–H groups in total. The standard InChI is InChI=1S/C25H29NO5/c1-29-24-13-8-19(15-25(24)30-2)23(14-18-6-4-3-5-7-18)26-16-21(28)17-31-22-11-9-20(27)10-12-22/h3-13,15,21,23,26-28H,14,16-17H2,1-2H3. The molecule has 3 aromatic rings. The number of aromatic hydroxyl groups is 1. The lowest BCUT2D eigenvalue weighted by Gasteiger charge is -2.23. The average molecular weight is 424 g/mol. The molecule has 0 amide bonds. The number of nitrogens with one attached hydrogen (secondary N) is 1. The molecule has 2 unspecified atom stereocenters. The van der Waals surface area contributed by atoms with E-state index in [1.165, 1.54) is 5.56 Å². The number of phenolic OH excluding ortho intramolecular Hbond substituents is 1. The quantitative estimate of drug-likeness (QED) is 0.436. The van der Waals surface area contributed by atoms with Crippen molar-refractivity contribution in [3.05, 3.63) is 83.9 Å². The van der Waals surface area contributed by atoms with Crippen LogP contribution in [0.15, 0.2) is 72.8 Å². The third-order valence-electron chi connectivity index (χ3n) is 4.97. The van der Waals surface area contributed by atoms with Gasteiger partial charge in [-0.05, 0) is 53.9 Å². The van der Waals surface area contributed by atoms with Crippen LogP contribution < -0.4 is 19.5 Å². The summed E-state index contributed by atoms with van der Waals surface area (Å²) in [6.45, 7) is 0.492. The Morgan fingerprint density at radius 3 is 2.26 bits per heavy atom. The number of hydrogen-bond acceptors (Lipinski definition) is 6. The fourth-order valence-corrected chi connectivity index (χ4v) is 3.30. The molecule has 0 radical (unpaired) electrons. The second-order valence-corrected chi connectivity index (χ2v) is 7.22. The fourth-order valence-electron chi connectivity index (χ4n) is 3.30. The maximum atomic E-state index is 10.4. The van der Waals surface area contributed by atoms with Crippen molar-refractivity contribution in [2.24, 2.45) is 0 Å². The van der Waals surface area contributed by atoms with Crippen LogP contribution >= 0.6 is 0 Å². The molecule has 2 atom stereocenters. The van der Waals surface area contributed by atoms with E-state index in [0.29, 0.717) is 23.8 Å². The van der Waals surface area contributed by atoms with E-state index in [-0.39, 0.29) is 18.4 Å². The molecule has 0 saturated heterocycles. The molecular weight excluding hydrogens is 394 g/mol. The Bertz CT molecular complexity index is 930. The lowest BCUT2D eigenvalue weighted by atomic mass is 9.98. The predicted molar refractivity (Wildman–Crippen MR) is 120 cm³/mol. The monoisotopic (exact) mass is 423 g/mol. The normalized spacial score (nSPS) is 12.7. The Balaban J connectivity index is 1.67. The van der Waals surface area contributed by atoms with Crippen LogP contribution in [-0.2, 0) is 6.42 Å². The van der Waals surface area contributed by atoms with Crippen molar-refractivity contribution in [3.63, 3.8) is 0 Å². The average Bonchev–Trinajstić information content (AvgIpc) is 2.81. The highest BCUT2D eigenvalue weighted by Crippen LogP contribution is 2.31. The van der Waals surface area contributed by atoms with Crippen molar-refractivity contribution in [2.45, 2.75) is 18.6 Å². The van der Waals surface area contributed by atoms with Gasteiger partial charge < -0.3 is 29.7 Å². The summed E-state index contributed by atoms with van der Waals surface area (Å²) in [4.78, 5) is 0. The number of aliphatic hydroxyl groups is 1. The minimum Gasteiger partial charge on any atom is -0.508 e. The fraction of sp³-hybridized carbons (Fsp3) is 0.280. The summed E-state index contributed by atoms with van der Waals surface area (Å²) in [7, 11) is 3.23. The predicted octanol–water partition coefficient (Wildman–Crippen LogP) is 3.72. The highest BCUT2D eigenvalue weighted by atomic mass is 16.5. The molecule has 0 heterocycles. The molecule has 0 aromatic heterocycles. The van der Waals surface area contributed by atoms with Crippen molar-refractivity contribution in [1.82, 2.24) is 5.32 Å². The SMILES string of the molecule is COc1ccc(C(Cc2ccccc2)NCC(O)COc2ccc(O)cc2)cc1OC. The molecule has 0 saturated carbocycles. The van der Waals surface area contributed by atoms with Gasteiger partial charge in [-0.15, -0.1) is 0 Å². The molecule has 0 spiro atoms. The zero-order valence-corrected chi connectivity index (χ0v) is 17.8. The van der Waals surface area contributed by atoms with Crippen molar-refractivity contribution in [2.75, 3.05) is 27.4 Å². The van der Waals surface area contributed by atoms with E-state index in [4.69, 9.17) is 14.2 Å². The van der Waals surface area contributed by atoms with Gasteiger partial charge in [0.15, 0.2) is 11.5 Å². The van der Waals surface area contributed by atoms with E-state index in [2.05, 4.69) is 17.4 Å². The van der Waals surface area contributed by atoms with Gasteiger partial charge in [-0.1, -0.05) is 36.4 Å². The maximum Gasteiger partial charge on any atom is 0.161 e. The second-order valence-electron chi connectivity index (χ2n) is 7.22. The summed E-state index contributed by atoms with van der Waals surface area (Å²) in [6.07, 6.45) is 0.0502. The molecule has 31 heavy (non-hydrogen) atoms. The van der Waals surface area contributed by atoms with Crippen molar-refractivity contribution in [3.8, 4) is 23.0 Å². The minimum absolute atomic E-state index is 0.0365. The Labute approximate surface area is 183 Å². The van der Waals surface area contributed by atoms with Crippen LogP contribution in [0.4, 0.5) is 0 Å². The molecule has 0 fully saturated rings. The van der Waals surface area contributed by atoms with Crippen LogP contribution in [-0.4, -0.2) is 43.7 Å². The van der Waals surface area contributed by atoms with Gasteiger partial charge in [-0.3, -0.25) is 0 Å². The topological polar surface area (TPSA) is 80.2 Å². The number of ether oxygens (including phenoxy) is 3. The lowest BCUT2D eigenvalue weighted by molar-refractivity contribution is 0.103. The van der Waals surface area contributed by atoms with E-state index in [0.717, 1.165) is 12.0 Å². The largest absolute Gasteiger partial charge is 0.508 e. The van der Waals surface area contributed by atoms with Gasteiger partial charge in [0.25, 0.3) is 0 Å². The summed E-state index contributed by atoms with van der Waals surface area (Å²) in [6, 6.07) is 22.4. The number of hydrogen-bond donors (Lipinski definition) is 3. The van der Waals surface area contributed by atoms with Crippen LogP contribution in [0.5, 0.6) is 23.0 Å². The number of benzene rings is 3. The van der Waals surface area contributed by atoms with Gasteiger partial charge in [0.2, 0.25) is 0 Å². The van der Waals surface area contributed by atoms with Gasteiger partial charge >= 0.3 is 0 Å². The van der Waals surface area contributed by atoms with E-state index < -0.39 is 6.10 Å². The van der Waals surface area contributed by atoms with E-state index in [1.54, 1.807) is 38.5 Å². The van der Waals surface area contributed by atoms with Crippen LogP contribution in [0.1, 0.15) is 17.2 Å². The Kier molecular flexibility index (Phi) is 8.15. The Morgan fingerprint density at radius 2 is 1.58 bits per heavy atom. The number of phenols is 1. The molecule has 0 bridgehead atoms. The number of rotatable bonds is 11. The van der Waals surface area contributed by atoms with Crippen LogP contribution in [0.2, 0.25) is 0 Å². The molecule has 6 heteroatoms. The highest BCUT2D eigenvalue weighted by Gasteiger charge is 2.17. The number of aliphatic hydroxyl groups excluding tert-OH is 1. The van der Waals surface area contributed by atoms with Gasteiger partial charge in [0.1, 0.15) is 24.2 Å². The number of methoxy groups -OCH3 is 2. The van der Waals surface area contributed by atoms with Crippen molar-refractivity contribution in [1.29, 1.82) is 0 Å². The highest BCUT2D eigenvalue weighted by molar-refractivity contribution is 5.44. The summed E-state index contributed by atoms with van der Waals surface area (Å²) < 4.78 is 16.4. The smallest absolute Gasteiger partial charge is 0.161 e. The van der Waals surface area contributed by atoms with Crippen LogP contribution in [0.3, 0.4) is 0 Å². The minimum atomic E-state index is -0.702. The summed E-state index contributed by atoms with van der Waals surface area (Å²) in [5.74, 6) is 2.11. The molecule has 164 valence electrons. The van der Waals surface area contributed by atoms with Crippen molar-refractivity contribution >= 4 is 0 Å². The van der Waals surface area contributed by atoms with E-state index in [9.17, 15) is 10.2 Å². The van der Waals surface area contributed by atoms with Crippen molar-refractivity contribution < 1.29 is 24.4 Å². The Morgan fingerprint density at radius 1 is 0.871 bits per heavy atom. The zero-order valence-electron chi connectivity index (χ0n) is 17.8. The van der Waals surface area contributed by atoms with Crippen LogP contribution in [0.25, 0.3) is 0 Å². The van der Waals surface area contributed by atoms with Gasteiger partial charge in [0.05, 0.1) is 14.2 Å². The van der Waals surface area contributed by atoms with Gasteiger partial charge in [-0.2, -0.15) is 0 Å². The molecule has 6 nitrogen and oxygen atoms in total. The zero-order chi connectivity index (χ0) is 22.1. The molecule has 3 rings (SSSR count).